The minimum atomic E-state index is -0.194. The monoisotopic (exact) mass is 286 g/mol. The van der Waals surface area contributed by atoms with Crippen molar-refractivity contribution in [3.8, 4) is 0 Å². The van der Waals surface area contributed by atoms with Crippen molar-refractivity contribution in [2.24, 2.45) is 0 Å². The van der Waals surface area contributed by atoms with Crippen LogP contribution in [0.1, 0.15) is 6.92 Å². The van der Waals surface area contributed by atoms with Crippen LogP contribution in [0.15, 0.2) is 41.2 Å². The van der Waals surface area contributed by atoms with Crippen LogP contribution in [0.5, 0.6) is 0 Å². The van der Waals surface area contributed by atoms with E-state index in [0.717, 1.165) is 10.8 Å². The van der Waals surface area contributed by atoms with Crippen LogP contribution in [-0.4, -0.2) is 10.9 Å². The van der Waals surface area contributed by atoms with Gasteiger partial charge in [-0.15, -0.1) is 0 Å². The molecule has 0 fully saturated rings. The lowest BCUT2D eigenvalue weighted by Crippen LogP contribution is -2.08. The number of fused-ring (bicyclic) bond motifs is 3. The topological polar surface area (TPSA) is 62.0 Å². The molecule has 0 radical (unpaired) electrons. The summed E-state index contributed by atoms with van der Waals surface area (Å²) in [6.07, 6.45) is 0. The Morgan fingerprint density at radius 2 is 1.85 bits per heavy atom. The number of pyridine rings is 1. The molecule has 0 saturated carbocycles. The van der Waals surface area contributed by atoms with Crippen molar-refractivity contribution in [2.45, 2.75) is 6.92 Å². The molecule has 2 N–H and O–H groups in total. The van der Waals surface area contributed by atoms with Crippen molar-refractivity contribution < 1.29 is 4.79 Å². The van der Waals surface area contributed by atoms with Crippen LogP contribution >= 0.6 is 11.6 Å². The Balaban J connectivity index is 2.42. The van der Waals surface area contributed by atoms with Gasteiger partial charge in [0.05, 0.1) is 16.2 Å². The molecule has 1 aromatic heterocycles. The quantitative estimate of drug-likeness (QED) is 0.674. The smallest absolute Gasteiger partial charge is 0.256 e. The number of nitrogens with one attached hydrogen (secondary N) is 2. The highest BCUT2D eigenvalue weighted by Gasteiger charge is 2.09. The normalized spacial score (nSPS) is 10.9. The summed E-state index contributed by atoms with van der Waals surface area (Å²) in [5.41, 5.74) is 1.02. The average molecular weight is 287 g/mol. The molecule has 3 aromatic rings. The third-order valence-electron chi connectivity index (χ3n) is 3.13. The van der Waals surface area contributed by atoms with Gasteiger partial charge in [-0.05, 0) is 23.6 Å². The lowest BCUT2D eigenvalue weighted by atomic mass is 10.1. The first kappa shape index (κ1) is 12.7. The van der Waals surface area contributed by atoms with Crippen molar-refractivity contribution >= 4 is 44.9 Å². The summed E-state index contributed by atoms with van der Waals surface area (Å²) in [6, 6.07) is 10.7. The lowest BCUT2D eigenvalue weighted by molar-refractivity contribution is -0.114. The van der Waals surface area contributed by atoms with Gasteiger partial charge in [-0.3, -0.25) is 9.59 Å². The van der Waals surface area contributed by atoms with E-state index >= 15 is 0 Å². The maximum atomic E-state index is 12.0. The molecule has 0 unspecified atom stereocenters. The number of hydrogen-bond donors (Lipinski definition) is 2. The first-order valence-corrected chi connectivity index (χ1v) is 6.46. The van der Waals surface area contributed by atoms with Crippen LogP contribution in [0, 0.1) is 0 Å². The minimum absolute atomic E-state index is 0.156. The summed E-state index contributed by atoms with van der Waals surface area (Å²) >= 11 is 6.11. The van der Waals surface area contributed by atoms with Crippen LogP contribution < -0.4 is 10.9 Å². The Bertz CT molecular complexity index is 899. The molecule has 0 aliphatic carbocycles. The number of carbonyl (C=O) groups is 1. The predicted molar refractivity (Wildman–Crippen MR) is 81.4 cm³/mol. The molecule has 0 bridgehead atoms. The van der Waals surface area contributed by atoms with Gasteiger partial charge < -0.3 is 10.3 Å². The number of benzene rings is 2. The fourth-order valence-electron chi connectivity index (χ4n) is 2.29. The molecule has 20 heavy (non-hydrogen) atoms. The van der Waals surface area contributed by atoms with E-state index in [9.17, 15) is 9.59 Å². The summed E-state index contributed by atoms with van der Waals surface area (Å²) in [7, 11) is 0. The van der Waals surface area contributed by atoms with Gasteiger partial charge in [0.25, 0.3) is 5.56 Å². The van der Waals surface area contributed by atoms with Gasteiger partial charge in [0.1, 0.15) is 0 Å². The van der Waals surface area contributed by atoms with Gasteiger partial charge in [-0.25, -0.2) is 0 Å². The number of amides is 1. The molecule has 0 atom stereocenters. The molecule has 1 amide bonds. The maximum Gasteiger partial charge on any atom is 0.256 e. The number of aromatic amines is 1. The van der Waals surface area contributed by atoms with E-state index in [4.69, 9.17) is 11.6 Å². The molecule has 5 heteroatoms. The fraction of sp³-hybridized carbons (Fsp3) is 0.0667. The van der Waals surface area contributed by atoms with Gasteiger partial charge in [0.15, 0.2) is 0 Å². The number of hydrogen-bond acceptors (Lipinski definition) is 2. The average Bonchev–Trinajstić information content (AvgIpc) is 2.40. The molecular weight excluding hydrogens is 276 g/mol. The van der Waals surface area contributed by atoms with Gasteiger partial charge in [0, 0.05) is 17.7 Å². The second-order valence-electron chi connectivity index (χ2n) is 4.56. The zero-order valence-corrected chi connectivity index (χ0v) is 11.4. The highest BCUT2D eigenvalue weighted by atomic mass is 35.5. The number of rotatable bonds is 1. The largest absolute Gasteiger partial charge is 0.325 e. The Morgan fingerprint density at radius 1 is 1.15 bits per heavy atom. The number of anilines is 1. The molecule has 100 valence electrons. The van der Waals surface area contributed by atoms with E-state index in [2.05, 4.69) is 10.3 Å². The van der Waals surface area contributed by atoms with E-state index in [1.807, 2.05) is 18.2 Å². The van der Waals surface area contributed by atoms with Crippen LogP contribution in [0.2, 0.25) is 5.02 Å². The maximum absolute atomic E-state index is 12.0. The summed E-state index contributed by atoms with van der Waals surface area (Å²) in [5.74, 6) is -0.194. The van der Waals surface area contributed by atoms with Crippen LogP contribution in [0.4, 0.5) is 5.69 Å². The molecule has 3 rings (SSSR count). The van der Waals surface area contributed by atoms with Crippen molar-refractivity contribution in [3.05, 3.63) is 51.8 Å². The molecule has 0 saturated heterocycles. The van der Waals surface area contributed by atoms with Crippen LogP contribution in [-0.2, 0) is 4.79 Å². The third-order valence-corrected chi connectivity index (χ3v) is 3.44. The molecule has 0 spiro atoms. The fourth-order valence-corrected chi connectivity index (χ4v) is 2.50. The summed E-state index contributed by atoms with van der Waals surface area (Å²) in [6.45, 7) is 1.42. The molecule has 2 aromatic carbocycles. The van der Waals surface area contributed by atoms with Gasteiger partial charge >= 0.3 is 0 Å². The van der Waals surface area contributed by atoms with E-state index in [0.29, 0.717) is 21.6 Å². The summed E-state index contributed by atoms with van der Waals surface area (Å²) in [4.78, 5) is 26.0. The van der Waals surface area contributed by atoms with Gasteiger partial charge in [0.2, 0.25) is 5.91 Å². The van der Waals surface area contributed by atoms with Gasteiger partial charge in [-0.1, -0.05) is 29.8 Å². The Hall–Kier alpha value is -2.33. The zero-order chi connectivity index (χ0) is 14.3. The van der Waals surface area contributed by atoms with Crippen molar-refractivity contribution in [3.63, 3.8) is 0 Å². The van der Waals surface area contributed by atoms with Crippen molar-refractivity contribution in [1.82, 2.24) is 4.98 Å². The van der Waals surface area contributed by atoms with Crippen LogP contribution in [0.3, 0.4) is 0 Å². The zero-order valence-electron chi connectivity index (χ0n) is 10.7. The number of H-pyrrole nitrogens is 1. The molecular formula is C15H11ClN2O2. The highest BCUT2D eigenvalue weighted by Crippen LogP contribution is 2.30. The lowest BCUT2D eigenvalue weighted by Gasteiger charge is -2.09. The second kappa shape index (κ2) is 4.65. The number of halogens is 1. The highest BCUT2D eigenvalue weighted by molar-refractivity contribution is 6.34. The Kier molecular flexibility index (Phi) is 2.95. The van der Waals surface area contributed by atoms with E-state index in [1.54, 1.807) is 18.2 Å². The van der Waals surface area contributed by atoms with E-state index < -0.39 is 0 Å². The van der Waals surface area contributed by atoms with E-state index in [-0.39, 0.29) is 11.5 Å². The molecule has 0 aliphatic heterocycles. The Labute approximate surface area is 119 Å². The summed E-state index contributed by atoms with van der Waals surface area (Å²) in [5, 5.41) is 5.35. The van der Waals surface area contributed by atoms with E-state index in [1.165, 1.54) is 6.92 Å². The van der Waals surface area contributed by atoms with Crippen molar-refractivity contribution in [1.29, 1.82) is 0 Å². The predicted octanol–water partition coefficient (Wildman–Crippen LogP) is 3.29. The second-order valence-corrected chi connectivity index (χ2v) is 4.97. The Morgan fingerprint density at radius 3 is 2.55 bits per heavy atom. The molecule has 4 nitrogen and oxygen atoms in total. The SMILES string of the molecule is CC(=O)Nc1cc2c(cc1Cl)[nH]c(=O)c1ccccc12. The first-order chi connectivity index (χ1) is 9.56. The number of aromatic nitrogens is 1. The summed E-state index contributed by atoms with van der Waals surface area (Å²) < 4.78 is 0. The van der Waals surface area contributed by atoms with Crippen LogP contribution in [0.25, 0.3) is 21.7 Å². The van der Waals surface area contributed by atoms with Gasteiger partial charge in [-0.2, -0.15) is 0 Å². The third kappa shape index (κ3) is 2.04. The minimum Gasteiger partial charge on any atom is -0.325 e. The molecule has 1 heterocycles. The molecule has 0 aliphatic rings. The van der Waals surface area contributed by atoms with Crippen molar-refractivity contribution in [2.75, 3.05) is 5.32 Å². The standard InChI is InChI=1S/C15H11ClN2O2/c1-8(19)17-14-6-11-9-4-2-3-5-10(9)15(20)18-13(11)7-12(14)16/h2-7H,1H3,(H,17,19)(H,18,20). The first-order valence-electron chi connectivity index (χ1n) is 6.08. The number of carbonyl (C=O) groups excluding carboxylic acids is 1.